The van der Waals surface area contributed by atoms with E-state index in [1.807, 2.05) is 13.0 Å². The second kappa shape index (κ2) is 5.03. The van der Waals surface area contributed by atoms with Crippen LogP contribution in [0.2, 0.25) is 0 Å². The largest absolute Gasteiger partial charge is 0.382 e. The van der Waals surface area contributed by atoms with Crippen LogP contribution in [0.4, 0.5) is 0 Å². The van der Waals surface area contributed by atoms with Gasteiger partial charge in [0.15, 0.2) is 0 Å². The molecule has 1 fully saturated rings. The Labute approximate surface area is 111 Å². The van der Waals surface area contributed by atoms with Crippen LogP contribution >= 0.6 is 0 Å². The van der Waals surface area contributed by atoms with Gasteiger partial charge in [-0.15, -0.1) is 0 Å². The molecule has 0 saturated heterocycles. The van der Waals surface area contributed by atoms with Crippen LogP contribution in [-0.4, -0.2) is 27.9 Å². The number of aromatic amines is 1. The van der Waals surface area contributed by atoms with Crippen molar-refractivity contribution in [2.45, 2.75) is 51.2 Å². The van der Waals surface area contributed by atoms with Crippen LogP contribution in [0.3, 0.4) is 0 Å². The molecule has 1 aliphatic heterocycles. The molecular weight excluding hydrogens is 244 g/mol. The van der Waals surface area contributed by atoms with Crippen LogP contribution in [0.15, 0.2) is 11.2 Å². The van der Waals surface area contributed by atoms with Gasteiger partial charge in [-0.3, -0.25) is 9.89 Å². The van der Waals surface area contributed by atoms with Crippen LogP contribution in [0, 0.1) is 0 Å². The number of H-pyrrole nitrogens is 1. The van der Waals surface area contributed by atoms with E-state index in [9.17, 15) is 4.79 Å². The molecule has 1 aromatic rings. The van der Waals surface area contributed by atoms with Gasteiger partial charge in [0.2, 0.25) is 6.10 Å². The standard InChI is InChI=1S/C13H18N4O2/c1-2-9-6-12(19-17-9)13(18)14-7-10-5-11(16-15-10)8-3-4-8/h5,8,12H,2-4,6-7H2,1H3,(H,14,18)(H,15,16)/t12-/m1/s1. The minimum Gasteiger partial charge on any atom is -0.382 e. The quantitative estimate of drug-likeness (QED) is 0.843. The molecule has 2 N–H and O–H groups in total. The number of carbonyl (C=O) groups excluding carboxylic acids is 1. The fraction of sp³-hybridized carbons (Fsp3) is 0.615. The lowest BCUT2D eigenvalue weighted by molar-refractivity contribution is -0.131. The lowest BCUT2D eigenvalue weighted by Gasteiger charge is -2.08. The van der Waals surface area contributed by atoms with E-state index in [4.69, 9.17) is 4.84 Å². The minimum atomic E-state index is -0.472. The zero-order valence-corrected chi connectivity index (χ0v) is 11.0. The lowest BCUT2D eigenvalue weighted by Crippen LogP contribution is -2.34. The monoisotopic (exact) mass is 262 g/mol. The van der Waals surface area contributed by atoms with Gasteiger partial charge in [0.1, 0.15) is 0 Å². The fourth-order valence-corrected chi connectivity index (χ4v) is 2.13. The number of rotatable bonds is 5. The molecule has 1 saturated carbocycles. The second-order valence-corrected chi connectivity index (χ2v) is 5.12. The topological polar surface area (TPSA) is 79.4 Å². The highest BCUT2D eigenvalue weighted by Crippen LogP contribution is 2.38. The number of nitrogens with zero attached hydrogens (tertiary/aromatic N) is 2. The van der Waals surface area contributed by atoms with E-state index in [0.29, 0.717) is 18.9 Å². The van der Waals surface area contributed by atoms with Crippen molar-refractivity contribution in [1.82, 2.24) is 15.5 Å². The molecule has 0 unspecified atom stereocenters. The molecule has 0 aromatic carbocycles. The Kier molecular flexibility index (Phi) is 3.23. The third-order valence-corrected chi connectivity index (χ3v) is 3.53. The van der Waals surface area contributed by atoms with Crippen molar-refractivity contribution in [2.75, 3.05) is 0 Å². The average Bonchev–Trinajstić information content (AvgIpc) is 2.99. The number of carbonyl (C=O) groups is 1. The van der Waals surface area contributed by atoms with E-state index in [2.05, 4.69) is 20.7 Å². The molecule has 0 spiro atoms. The van der Waals surface area contributed by atoms with E-state index in [1.165, 1.54) is 12.8 Å². The molecule has 6 heteroatoms. The third kappa shape index (κ3) is 2.77. The molecule has 19 heavy (non-hydrogen) atoms. The highest BCUT2D eigenvalue weighted by molar-refractivity contribution is 5.92. The number of amides is 1. The van der Waals surface area contributed by atoms with Crippen LogP contribution in [0.25, 0.3) is 0 Å². The van der Waals surface area contributed by atoms with Crippen molar-refractivity contribution in [3.63, 3.8) is 0 Å². The first-order valence-corrected chi connectivity index (χ1v) is 6.79. The summed E-state index contributed by atoms with van der Waals surface area (Å²) in [5.41, 5.74) is 2.99. The van der Waals surface area contributed by atoms with Gasteiger partial charge in [-0.25, -0.2) is 0 Å². The molecule has 0 radical (unpaired) electrons. The molecule has 2 heterocycles. The van der Waals surface area contributed by atoms with Crippen LogP contribution in [0.5, 0.6) is 0 Å². The Hall–Kier alpha value is -1.85. The van der Waals surface area contributed by atoms with Crippen molar-refractivity contribution < 1.29 is 9.63 Å². The Morgan fingerprint density at radius 1 is 1.58 bits per heavy atom. The summed E-state index contributed by atoms with van der Waals surface area (Å²) < 4.78 is 0. The Morgan fingerprint density at radius 2 is 2.42 bits per heavy atom. The summed E-state index contributed by atoms with van der Waals surface area (Å²) in [5, 5.41) is 13.9. The number of nitrogens with one attached hydrogen (secondary N) is 2. The average molecular weight is 262 g/mol. The fourth-order valence-electron chi connectivity index (χ4n) is 2.13. The first-order chi connectivity index (χ1) is 9.26. The normalized spacial score (nSPS) is 21.9. The molecule has 0 bridgehead atoms. The predicted molar refractivity (Wildman–Crippen MR) is 69.6 cm³/mol. The number of oxime groups is 1. The van der Waals surface area contributed by atoms with Gasteiger partial charge < -0.3 is 10.2 Å². The lowest BCUT2D eigenvalue weighted by atomic mass is 10.1. The summed E-state index contributed by atoms with van der Waals surface area (Å²) in [6.07, 6.45) is 3.40. The van der Waals surface area contributed by atoms with Gasteiger partial charge in [-0.2, -0.15) is 5.10 Å². The smallest absolute Gasteiger partial charge is 0.264 e. The van der Waals surface area contributed by atoms with Gasteiger partial charge in [-0.1, -0.05) is 12.1 Å². The SMILES string of the molecule is CCC1=NO[C@@H](C(=O)NCc2cc(C3CC3)n[nH]2)C1. The molecule has 3 rings (SSSR count). The highest BCUT2D eigenvalue weighted by atomic mass is 16.6. The van der Waals surface area contributed by atoms with Gasteiger partial charge in [0.05, 0.1) is 23.6 Å². The molecule has 1 aliphatic carbocycles. The maximum absolute atomic E-state index is 11.9. The molecule has 6 nitrogen and oxygen atoms in total. The van der Waals surface area contributed by atoms with E-state index < -0.39 is 6.10 Å². The second-order valence-electron chi connectivity index (χ2n) is 5.12. The van der Waals surface area contributed by atoms with Crippen LogP contribution in [-0.2, 0) is 16.2 Å². The van der Waals surface area contributed by atoms with Crippen LogP contribution in [0.1, 0.15) is 49.9 Å². The highest BCUT2D eigenvalue weighted by Gasteiger charge is 2.28. The molecule has 1 atom stereocenters. The summed E-state index contributed by atoms with van der Waals surface area (Å²) in [4.78, 5) is 17.0. The van der Waals surface area contributed by atoms with Gasteiger partial charge in [0.25, 0.3) is 5.91 Å². The third-order valence-electron chi connectivity index (χ3n) is 3.53. The van der Waals surface area contributed by atoms with Crippen LogP contribution < -0.4 is 5.32 Å². The van der Waals surface area contributed by atoms with E-state index in [-0.39, 0.29) is 5.91 Å². The van der Waals surface area contributed by atoms with Gasteiger partial charge >= 0.3 is 0 Å². The van der Waals surface area contributed by atoms with E-state index in [1.54, 1.807) is 0 Å². The Balaban J connectivity index is 1.47. The van der Waals surface area contributed by atoms with Crippen molar-refractivity contribution in [1.29, 1.82) is 0 Å². The number of hydrogen-bond acceptors (Lipinski definition) is 4. The van der Waals surface area contributed by atoms with Crippen molar-refractivity contribution in [2.24, 2.45) is 5.16 Å². The van der Waals surface area contributed by atoms with E-state index in [0.717, 1.165) is 23.5 Å². The van der Waals surface area contributed by atoms with Crippen molar-refractivity contribution >= 4 is 11.6 Å². The van der Waals surface area contributed by atoms with Gasteiger partial charge in [-0.05, 0) is 25.3 Å². The molecule has 102 valence electrons. The summed E-state index contributed by atoms with van der Waals surface area (Å²) in [7, 11) is 0. The zero-order valence-electron chi connectivity index (χ0n) is 11.0. The number of aromatic nitrogens is 2. The van der Waals surface area contributed by atoms with Crippen molar-refractivity contribution in [3.05, 3.63) is 17.5 Å². The molecular formula is C13H18N4O2. The summed E-state index contributed by atoms with van der Waals surface area (Å²) >= 11 is 0. The molecule has 1 amide bonds. The summed E-state index contributed by atoms with van der Waals surface area (Å²) in [5.74, 6) is 0.508. The first kappa shape index (κ1) is 12.2. The minimum absolute atomic E-state index is 0.116. The Bertz CT molecular complexity index is 504. The predicted octanol–water partition coefficient (Wildman–Crippen LogP) is 1.46. The maximum Gasteiger partial charge on any atom is 0.264 e. The molecule has 2 aliphatic rings. The van der Waals surface area contributed by atoms with E-state index >= 15 is 0 Å². The summed E-state index contributed by atoms with van der Waals surface area (Å²) in [6.45, 7) is 2.46. The first-order valence-electron chi connectivity index (χ1n) is 6.79. The maximum atomic E-state index is 11.9. The summed E-state index contributed by atoms with van der Waals surface area (Å²) in [6, 6.07) is 2.03. The van der Waals surface area contributed by atoms with Gasteiger partial charge in [0, 0.05) is 12.3 Å². The molecule has 1 aromatic heterocycles. The Morgan fingerprint density at radius 3 is 3.11 bits per heavy atom. The zero-order chi connectivity index (χ0) is 13.2. The number of hydrogen-bond donors (Lipinski definition) is 2. The van der Waals surface area contributed by atoms with Crippen molar-refractivity contribution in [3.8, 4) is 0 Å².